The number of aromatic amines is 1. The average Bonchev–Trinajstić information content (AvgIpc) is 2.42. The molecule has 0 aliphatic rings. The Bertz CT molecular complexity index is 601. The largest absolute Gasteiger partial charge is 0.323 e. The number of anilines is 1. The Balaban J connectivity index is 2.48. The third-order valence-electron chi connectivity index (χ3n) is 1.92. The van der Waals surface area contributed by atoms with E-state index in [1.54, 1.807) is 0 Å². The molecule has 0 unspecified atom stereocenters. The number of aromatic nitrogens is 2. The summed E-state index contributed by atoms with van der Waals surface area (Å²) < 4.78 is 24.2. The molecular weight excluding hydrogens is 214 g/mol. The minimum absolute atomic E-state index is 0.248. The number of nitrogens with zero attached hydrogens (tertiary/aromatic N) is 1. The highest BCUT2D eigenvalue weighted by atomic mass is 32.2. The maximum absolute atomic E-state index is 11.0. The first-order chi connectivity index (χ1) is 6.94. The second-order valence-corrected chi connectivity index (χ2v) is 5.23. The van der Waals surface area contributed by atoms with Gasteiger partial charge in [-0.3, -0.25) is 4.72 Å². The van der Waals surface area contributed by atoms with Crippen LogP contribution in [0, 0.1) is 6.92 Å². The first-order valence-electron chi connectivity index (χ1n) is 4.38. The first-order valence-corrected chi connectivity index (χ1v) is 6.27. The number of aryl methyl sites for hydroxylation is 1. The van der Waals surface area contributed by atoms with Gasteiger partial charge in [-0.25, -0.2) is 13.4 Å². The molecule has 0 saturated carbocycles. The number of H-pyrrole nitrogens is 1. The van der Waals surface area contributed by atoms with Crippen molar-refractivity contribution in [3.63, 3.8) is 0 Å². The van der Waals surface area contributed by atoms with Crippen molar-refractivity contribution in [1.29, 1.82) is 0 Å². The summed E-state index contributed by atoms with van der Waals surface area (Å²) >= 11 is 0. The Kier molecular flexibility index (Phi) is 2.15. The summed E-state index contributed by atoms with van der Waals surface area (Å²) in [4.78, 5) is 6.99. The number of hydrogen-bond donors (Lipinski definition) is 2. The Morgan fingerprint density at radius 1 is 1.40 bits per heavy atom. The fraction of sp³-hybridized carbons (Fsp3) is 0.222. The summed E-state index contributed by atoms with van der Waals surface area (Å²) in [6.45, 7) is 1.96. The zero-order chi connectivity index (χ0) is 11.1. The van der Waals surface area contributed by atoms with Crippen LogP contribution >= 0.6 is 0 Å². The average molecular weight is 225 g/mol. The van der Waals surface area contributed by atoms with Gasteiger partial charge in [0, 0.05) is 0 Å². The quantitative estimate of drug-likeness (QED) is 0.807. The summed E-state index contributed by atoms with van der Waals surface area (Å²) in [6, 6.07) is 5.69. The summed E-state index contributed by atoms with van der Waals surface area (Å²) in [7, 11) is -3.28. The maximum Gasteiger partial charge on any atom is 0.232 e. The third kappa shape index (κ3) is 2.27. The van der Waals surface area contributed by atoms with Crippen molar-refractivity contribution in [3.05, 3.63) is 23.8 Å². The molecule has 0 aliphatic carbocycles. The molecule has 0 atom stereocenters. The van der Waals surface area contributed by atoms with E-state index < -0.39 is 10.0 Å². The van der Waals surface area contributed by atoms with Crippen LogP contribution < -0.4 is 4.72 Å². The number of sulfonamides is 1. The van der Waals surface area contributed by atoms with Gasteiger partial charge in [0.25, 0.3) is 0 Å². The molecule has 0 saturated heterocycles. The minimum atomic E-state index is -3.28. The van der Waals surface area contributed by atoms with Crippen LogP contribution in [0.1, 0.15) is 5.56 Å². The predicted octanol–water partition coefficient (Wildman–Crippen LogP) is 1.24. The van der Waals surface area contributed by atoms with Crippen LogP contribution in [0.3, 0.4) is 0 Å². The number of hydrogen-bond acceptors (Lipinski definition) is 3. The van der Waals surface area contributed by atoms with Crippen molar-refractivity contribution < 1.29 is 8.42 Å². The Morgan fingerprint density at radius 3 is 2.80 bits per heavy atom. The highest BCUT2D eigenvalue weighted by Crippen LogP contribution is 2.15. The zero-order valence-corrected chi connectivity index (χ0v) is 9.22. The van der Waals surface area contributed by atoms with Crippen molar-refractivity contribution in [1.82, 2.24) is 9.97 Å². The highest BCUT2D eigenvalue weighted by Gasteiger charge is 2.06. The molecule has 2 aromatic rings. The molecule has 5 nitrogen and oxygen atoms in total. The molecule has 80 valence electrons. The van der Waals surface area contributed by atoms with E-state index in [2.05, 4.69) is 14.7 Å². The van der Waals surface area contributed by atoms with Gasteiger partial charge in [-0.2, -0.15) is 0 Å². The molecule has 0 spiro atoms. The summed E-state index contributed by atoms with van der Waals surface area (Å²) in [5, 5.41) is 0. The van der Waals surface area contributed by atoms with E-state index in [4.69, 9.17) is 0 Å². The molecule has 0 aliphatic heterocycles. The van der Waals surface area contributed by atoms with Crippen LogP contribution in [0.25, 0.3) is 11.0 Å². The Morgan fingerprint density at radius 2 is 2.13 bits per heavy atom. The van der Waals surface area contributed by atoms with Gasteiger partial charge in [-0.15, -0.1) is 0 Å². The Labute approximate surface area is 87.6 Å². The number of benzene rings is 1. The molecule has 0 amide bonds. The molecule has 1 heterocycles. The van der Waals surface area contributed by atoms with Gasteiger partial charge in [-0.1, -0.05) is 6.07 Å². The first kappa shape index (κ1) is 9.97. The second-order valence-electron chi connectivity index (χ2n) is 3.48. The lowest BCUT2D eigenvalue weighted by Crippen LogP contribution is -2.10. The topological polar surface area (TPSA) is 74.8 Å². The van der Waals surface area contributed by atoms with Gasteiger partial charge in [0.2, 0.25) is 16.0 Å². The third-order valence-corrected chi connectivity index (χ3v) is 2.48. The van der Waals surface area contributed by atoms with Crippen LogP contribution in [0.2, 0.25) is 0 Å². The smallest absolute Gasteiger partial charge is 0.232 e. The normalized spacial score (nSPS) is 11.9. The molecule has 0 bridgehead atoms. The highest BCUT2D eigenvalue weighted by molar-refractivity contribution is 7.91. The van der Waals surface area contributed by atoms with Crippen LogP contribution in [0.5, 0.6) is 0 Å². The number of rotatable bonds is 2. The fourth-order valence-electron chi connectivity index (χ4n) is 1.34. The van der Waals surface area contributed by atoms with E-state index in [1.807, 2.05) is 25.1 Å². The molecule has 1 aromatic heterocycles. The number of nitrogens with one attached hydrogen (secondary N) is 2. The molecule has 0 radical (unpaired) electrons. The summed E-state index contributed by atoms with van der Waals surface area (Å²) in [5.74, 6) is 0.248. The van der Waals surface area contributed by atoms with Crippen molar-refractivity contribution in [3.8, 4) is 0 Å². The molecule has 6 heteroatoms. The molecule has 1 aromatic carbocycles. The number of imidazole rings is 1. The van der Waals surface area contributed by atoms with Crippen LogP contribution in [-0.2, 0) is 10.0 Å². The van der Waals surface area contributed by atoms with Crippen molar-refractivity contribution >= 4 is 27.0 Å². The molecule has 2 rings (SSSR count). The zero-order valence-electron chi connectivity index (χ0n) is 8.40. The van der Waals surface area contributed by atoms with E-state index >= 15 is 0 Å². The lowest BCUT2D eigenvalue weighted by Gasteiger charge is -1.96. The molecule has 2 N–H and O–H groups in total. The van der Waals surface area contributed by atoms with Gasteiger partial charge in [0.05, 0.1) is 17.3 Å². The van der Waals surface area contributed by atoms with E-state index in [1.165, 1.54) is 0 Å². The van der Waals surface area contributed by atoms with Crippen molar-refractivity contribution in [2.75, 3.05) is 11.0 Å². The summed E-state index contributed by atoms with van der Waals surface area (Å²) in [6.07, 6.45) is 1.09. The molecule has 15 heavy (non-hydrogen) atoms. The van der Waals surface area contributed by atoms with E-state index in [-0.39, 0.29) is 5.95 Å². The fourth-order valence-corrected chi connectivity index (χ4v) is 1.79. The Hall–Kier alpha value is -1.56. The van der Waals surface area contributed by atoms with Gasteiger partial charge in [-0.05, 0) is 24.6 Å². The van der Waals surface area contributed by atoms with Crippen LogP contribution in [-0.4, -0.2) is 24.6 Å². The molecular formula is C9H11N3O2S. The standard InChI is InChI=1S/C9H11N3O2S/c1-6-3-4-7-8(5-6)11-9(10-7)12-15(2,13)14/h3-5H,1-2H3,(H2,10,11,12). The lowest BCUT2D eigenvalue weighted by molar-refractivity contribution is 0.606. The van der Waals surface area contributed by atoms with Crippen LogP contribution in [0.4, 0.5) is 5.95 Å². The van der Waals surface area contributed by atoms with Crippen molar-refractivity contribution in [2.24, 2.45) is 0 Å². The van der Waals surface area contributed by atoms with Gasteiger partial charge >= 0.3 is 0 Å². The van der Waals surface area contributed by atoms with Gasteiger partial charge < -0.3 is 4.98 Å². The van der Waals surface area contributed by atoms with E-state index in [0.29, 0.717) is 0 Å². The van der Waals surface area contributed by atoms with Crippen molar-refractivity contribution in [2.45, 2.75) is 6.92 Å². The number of fused-ring (bicyclic) bond motifs is 1. The lowest BCUT2D eigenvalue weighted by atomic mass is 10.2. The van der Waals surface area contributed by atoms with Crippen LogP contribution in [0.15, 0.2) is 18.2 Å². The van der Waals surface area contributed by atoms with E-state index in [9.17, 15) is 8.42 Å². The monoisotopic (exact) mass is 225 g/mol. The predicted molar refractivity (Wildman–Crippen MR) is 59.3 cm³/mol. The minimum Gasteiger partial charge on any atom is -0.323 e. The maximum atomic E-state index is 11.0. The molecule has 0 fully saturated rings. The van der Waals surface area contributed by atoms with Gasteiger partial charge in [0.1, 0.15) is 0 Å². The second kappa shape index (κ2) is 3.23. The SMILES string of the molecule is Cc1ccc2[nH]c(NS(C)(=O)=O)nc2c1. The van der Waals surface area contributed by atoms with E-state index in [0.717, 1.165) is 22.9 Å². The summed E-state index contributed by atoms with van der Waals surface area (Å²) in [5.41, 5.74) is 2.65. The van der Waals surface area contributed by atoms with Gasteiger partial charge in [0.15, 0.2) is 0 Å².